The summed E-state index contributed by atoms with van der Waals surface area (Å²) in [6, 6.07) is -0.389. The lowest BCUT2D eigenvalue weighted by molar-refractivity contribution is 0.464. The lowest BCUT2D eigenvalue weighted by atomic mass is 10.2. The molecule has 1 N–H and O–H groups in total. The summed E-state index contributed by atoms with van der Waals surface area (Å²) in [5, 5.41) is 8.14. The normalized spacial score (nSPS) is 20.5. The average molecular weight is 318 g/mol. The Morgan fingerprint density at radius 2 is 2.25 bits per heavy atom. The van der Waals surface area contributed by atoms with Gasteiger partial charge in [0, 0.05) is 12.0 Å². The molecule has 1 atom stereocenters. The highest BCUT2D eigenvalue weighted by Crippen LogP contribution is 2.19. The number of hydrogen-bond acceptors (Lipinski definition) is 5. The summed E-state index contributed by atoms with van der Waals surface area (Å²) in [4.78, 5) is 12.0. The Morgan fingerprint density at radius 1 is 1.55 bits per heavy atom. The summed E-state index contributed by atoms with van der Waals surface area (Å²) < 4.78 is 23.9. The van der Waals surface area contributed by atoms with Crippen molar-refractivity contribution >= 4 is 27.1 Å². The van der Waals surface area contributed by atoms with Crippen LogP contribution in [0.2, 0.25) is 5.02 Å². The molecule has 2 rings (SSSR count). The van der Waals surface area contributed by atoms with Gasteiger partial charge in [0.25, 0.3) is 5.56 Å². The van der Waals surface area contributed by atoms with Gasteiger partial charge in [-0.15, -0.1) is 0 Å². The number of aromatic nitrogens is 2. The molecule has 0 bridgehead atoms. The second-order valence-electron chi connectivity index (χ2n) is 5.16. The van der Waals surface area contributed by atoms with Crippen LogP contribution >= 0.6 is 11.6 Å². The van der Waals surface area contributed by atoms with E-state index in [0.29, 0.717) is 12.2 Å². The van der Waals surface area contributed by atoms with Crippen molar-refractivity contribution < 1.29 is 8.42 Å². The van der Waals surface area contributed by atoms with E-state index >= 15 is 0 Å². The molecule has 8 heteroatoms. The fraction of sp³-hybridized carbons (Fsp3) is 0.500. The first-order chi connectivity index (χ1) is 9.28. The van der Waals surface area contributed by atoms with Crippen molar-refractivity contribution in [3.05, 3.63) is 33.1 Å². The van der Waals surface area contributed by atoms with E-state index in [-0.39, 0.29) is 28.3 Å². The maximum absolute atomic E-state index is 12.0. The standard InChI is InChI=1S/C12H16ClN3O3S/c1-8(2)6-16-12(17)11(13)10(5-14-16)15-9-3-4-20(18,19)7-9/h3-5,8-9,15H,6-7H2,1-2H3. The second kappa shape index (κ2) is 5.57. The highest BCUT2D eigenvalue weighted by atomic mass is 35.5. The van der Waals surface area contributed by atoms with Gasteiger partial charge >= 0.3 is 0 Å². The highest BCUT2D eigenvalue weighted by Gasteiger charge is 2.22. The lowest BCUT2D eigenvalue weighted by Gasteiger charge is -2.14. The van der Waals surface area contributed by atoms with E-state index in [1.807, 2.05) is 13.8 Å². The molecule has 0 saturated heterocycles. The molecule has 0 aromatic carbocycles. The van der Waals surface area contributed by atoms with E-state index in [2.05, 4.69) is 10.4 Å². The minimum absolute atomic E-state index is 0.0262. The molecule has 20 heavy (non-hydrogen) atoms. The number of nitrogens with one attached hydrogen (secondary N) is 1. The third-order valence-electron chi connectivity index (χ3n) is 2.79. The molecule has 1 aromatic heterocycles. The molecular formula is C12H16ClN3O3S. The van der Waals surface area contributed by atoms with Gasteiger partial charge < -0.3 is 5.32 Å². The summed E-state index contributed by atoms with van der Waals surface area (Å²) in [5.41, 5.74) is -0.0291. The van der Waals surface area contributed by atoms with Crippen LogP contribution in [0.4, 0.5) is 5.69 Å². The smallest absolute Gasteiger partial charge is 0.287 e. The summed E-state index contributed by atoms with van der Waals surface area (Å²) in [6.45, 7) is 4.43. The minimum Gasteiger partial charge on any atom is -0.375 e. The van der Waals surface area contributed by atoms with Crippen LogP contribution in [0.25, 0.3) is 0 Å². The van der Waals surface area contributed by atoms with Gasteiger partial charge in [-0.05, 0) is 5.92 Å². The first-order valence-corrected chi connectivity index (χ1v) is 8.31. The van der Waals surface area contributed by atoms with Gasteiger partial charge in [-0.25, -0.2) is 13.1 Å². The number of sulfone groups is 1. The van der Waals surface area contributed by atoms with Crippen LogP contribution < -0.4 is 10.9 Å². The van der Waals surface area contributed by atoms with E-state index < -0.39 is 9.84 Å². The fourth-order valence-electron chi connectivity index (χ4n) is 1.91. The lowest BCUT2D eigenvalue weighted by Crippen LogP contribution is -2.28. The number of anilines is 1. The van der Waals surface area contributed by atoms with Gasteiger partial charge in [0.1, 0.15) is 5.02 Å². The molecule has 2 heterocycles. The minimum atomic E-state index is -3.15. The Morgan fingerprint density at radius 3 is 2.80 bits per heavy atom. The summed E-state index contributed by atoms with van der Waals surface area (Å²) >= 11 is 6.02. The third-order valence-corrected chi connectivity index (χ3v) is 4.55. The van der Waals surface area contributed by atoms with Crippen molar-refractivity contribution in [2.75, 3.05) is 11.1 Å². The van der Waals surface area contributed by atoms with Gasteiger partial charge in [0.05, 0.1) is 23.7 Å². The summed E-state index contributed by atoms with van der Waals surface area (Å²) in [7, 11) is -3.15. The van der Waals surface area contributed by atoms with Crippen molar-refractivity contribution in [3.8, 4) is 0 Å². The Bertz CT molecular complexity index is 694. The molecule has 0 amide bonds. The number of nitrogens with zero attached hydrogens (tertiary/aromatic N) is 2. The van der Waals surface area contributed by atoms with Crippen molar-refractivity contribution in [1.29, 1.82) is 0 Å². The topological polar surface area (TPSA) is 81.1 Å². The maximum Gasteiger partial charge on any atom is 0.287 e. The van der Waals surface area contributed by atoms with Crippen molar-refractivity contribution in [2.24, 2.45) is 5.92 Å². The van der Waals surface area contributed by atoms with Gasteiger partial charge in [0.2, 0.25) is 0 Å². The maximum atomic E-state index is 12.0. The Balaban J connectivity index is 2.21. The molecule has 0 aliphatic carbocycles. The number of rotatable bonds is 4. The van der Waals surface area contributed by atoms with Gasteiger partial charge in [0.15, 0.2) is 9.84 Å². The number of hydrogen-bond donors (Lipinski definition) is 1. The molecule has 6 nitrogen and oxygen atoms in total. The first-order valence-electron chi connectivity index (χ1n) is 6.21. The predicted molar refractivity (Wildman–Crippen MR) is 78.7 cm³/mol. The predicted octanol–water partition coefficient (Wildman–Crippen LogP) is 1.28. The van der Waals surface area contributed by atoms with Crippen LogP contribution in [-0.2, 0) is 16.4 Å². The van der Waals surface area contributed by atoms with Crippen LogP contribution in [0.5, 0.6) is 0 Å². The highest BCUT2D eigenvalue weighted by molar-refractivity contribution is 7.94. The summed E-state index contributed by atoms with van der Waals surface area (Å²) in [6.07, 6.45) is 2.98. The van der Waals surface area contributed by atoms with Crippen LogP contribution in [-0.4, -0.2) is 30.0 Å². The van der Waals surface area contributed by atoms with Crippen molar-refractivity contribution in [3.63, 3.8) is 0 Å². The summed E-state index contributed by atoms with van der Waals surface area (Å²) in [5.74, 6) is 0.233. The van der Waals surface area contributed by atoms with E-state index in [9.17, 15) is 13.2 Å². The van der Waals surface area contributed by atoms with Crippen LogP contribution in [0.1, 0.15) is 13.8 Å². The molecule has 110 valence electrons. The van der Waals surface area contributed by atoms with Gasteiger partial charge in [-0.3, -0.25) is 4.79 Å². The average Bonchev–Trinajstić information content (AvgIpc) is 2.68. The molecule has 1 aliphatic heterocycles. The molecule has 1 unspecified atom stereocenters. The Hall–Kier alpha value is -1.34. The molecular weight excluding hydrogens is 302 g/mol. The van der Waals surface area contributed by atoms with E-state index in [4.69, 9.17) is 11.6 Å². The third kappa shape index (κ3) is 3.40. The second-order valence-corrected chi connectivity index (χ2v) is 7.47. The largest absolute Gasteiger partial charge is 0.375 e. The zero-order chi connectivity index (χ0) is 14.9. The Kier molecular flexibility index (Phi) is 4.19. The Labute approximate surface area is 122 Å². The van der Waals surface area contributed by atoms with Crippen molar-refractivity contribution in [1.82, 2.24) is 9.78 Å². The SMILES string of the molecule is CC(C)Cn1ncc(NC2C=CS(=O)(=O)C2)c(Cl)c1=O. The van der Waals surface area contributed by atoms with Gasteiger partial charge in [-0.1, -0.05) is 31.5 Å². The fourth-order valence-corrected chi connectivity index (χ4v) is 3.34. The van der Waals surface area contributed by atoms with E-state index in [1.165, 1.54) is 17.0 Å². The quantitative estimate of drug-likeness (QED) is 0.904. The van der Waals surface area contributed by atoms with Crippen LogP contribution in [0.15, 0.2) is 22.5 Å². The molecule has 1 aliphatic rings. The first kappa shape index (κ1) is 15.1. The molecule has 0 spiro atoms. The van der Waals surface area contributed by atoms with Gasteiger partial charge in [-0.2, -0.15) is 5.10 Å². The van der Waals surface area contributed by atoms with Crippen LogP contribution in [0, 0.1) is 5.92 Å². The van der Waals surface area contributed by atoms with Crippen molar-refractivity contribution in [2.45, 2.75) is 26.4 Å². The monoisotopic (exact) mass is 317 g/mol. The van der Waals surface area contributed by atoms with Crippen LogP contribution in [0.3, 0.4) is 0 Å². The zero-order valence-electron chi connectivity index (χ0n) is 11.2. The number of halogens is 1. The molecule has 1 aromatic rings. The molecule has 0 fully saturated rings. The molecule has 0 saturated carbocycles. The zero-order valence-corrected chi connectivity index (χ0v) is 12.8. The molecule has 0 radical (unpaired) electrons. The van der Waals surface area contributed by atoms with E-state index in [0.717, 1.165) is 5.41 Å². The van der Waals surface area contributed by atoms with E-state index in [1.54, 1.807) is 0 Å².